The molecule has 144 valence electrons. The van der Waals surface area contributed by atoms with E-state index in [2.05, 4.69) is 15.6 Å². The number of ether oxygens (including phenoxy) is 1. The molecule has 2 N–H and O–H groups in total. The Hall–Kier alpha value is -3.13. The lowest BCUT2D eigenvalue weighted by Gasteiger charge is -2.08. The molecule has 1 saturated heterocycles. The molecule has 0 saturated carbocycles. The molecule has 7 nitrogen and oxygen atoms in total. The van der Waals surface area contributed by atoms with Gasteiger partial charge in [-0.1, -0.05) is 30.0 Å². The normalized spacial score (nSPS) is 17.2. The third-order valence-corrected chi connectivity index (χ3v) is 4.90. The summed E-state index contributed by atoms with van der Waals surface area (Å²) in [7, 11) is 0. The first-order valence-electron chi connectivity index (χ1n) is 8.73. The minimum absolute atomic E-state index is 0.0178. The van der Waals surface area contributed by atoms with Crippen LogP contribution in [0.3, 0.4) is 0 Å². The second-order valence-electron chi connectivity index (χ2n) is 5.90. The van der Waals surface area contributed by atoms with Gasteiger partial charge in [0.15, 0.2) is 5.17 Å². The maximum absolute atomic E-state index is 12.3. The van der Waals surface area contributed by atoms with E-state index in [0.29, 0.717) is 23.0 Å². The fourth-order valence-electron chi connectivity index (χ4n) is 2.50. The Balaban J connectivity index is 1.55. The number of anilines is 1. The molecule has 1 atom stereocenters. The minimum Gasteiger partial charge on any atom is -0.462 e. The van der Waals surface area contributed by atoms with Crippen LogP contribution in [-0.2, 0) is 14.3 Å². The number of para-hydroxylation sites is 1. The van der Waals surface area contributed by atoms with Crippen molar-refractivity contribution >= 4 is 46.1 Å². The maximum Gasteiger partial charge on any atom is 0.338 e. The summed E-state index contributed by atoms with van der Waals surface area (Å²) in [6.07, 6.45) is 0.0178. The van der Waals surface area contributed by atoms with Crippen molar-refractivity contribution in [2.75, 3.05) is 11.9 Å². The molecule has 0 aliphatic carbocycles. The lowest BCUT2D eigenvalue weighted by molar-refractivity contribution is -0.122. The standard InChI is InChI=1S/C20H19N3O4S/c1-2-27-19(26)13-8-10-15(11-9-13)21-17(24)12-16-18(25)23-20(28-16)22-14-6-4-3-5-7-14/h3-11,16H,2,12H2,1H3,(H,21,24)(H,22,23,25)/t16-/m1/s1. The fraction of sp³-hybridized carbons (Fsp3) is 0.200. The highest BCUT2D eigenvalue weighted by molar-refractivity contribution is 8.15. The van der Waals surface area contributed by atoms with E-state index in [1.807, 2.05) is 30.3 Å². The zero-order chi connectivity index (χ0) is 19.9. The maximum atomic E-state index is 12.3. The Morgan fingerprint density at radius 1 is 1.14 bits per heavy atom. The molecular weight excluding hydrogens is 378 g/mol. The van der Waals surface area contributed by atoms with Gasteiger partial charge in [0.05, 0.1) is 17.9 Å². The topological polar surface area (TPSA) is 96.9 Å². The molecule has 8 heteroatoms. The molecule has 1 aliphatic rings. The van der Waals surface area contributed by atoms with Gasteiger partial charge in [0, 0.05) is 12.1 Å². The zero-order valence-corrected chi connectivity index (χ0v) is 16.0. The number of aliphatic imine (C=N–C) groups is 1. The van der Waals surface area contributed by atoms with Crippen LogP contribution in [-0.4, -0.2) is 34.8 Å². The van der Waals surface area contributed by atoms with Gasteiger partial charge in [0.1, 0.15) is 5.25 Å². The highest BCUT2D eigenvalue weighted by Gasteiger charge is 2.32. The first-order valence-corrected chi connectivity index (χ1v) is 9.61. The van der Waals surface area contributed by atoms with Gasteiger partial charge in [-0.25, -0.2) is 9.79 Å². The van der Waals surface area contributed by atoms with Crippen LogP contribution in [0.4, 0.5) is 11.4 Å². The number of nitrogens with one attached hydrogen (secondary N) is 2. The van der Waals surface area contributed by atoms with Crippen molar-refractivity contribution < 1.29 is 19.1 Å². The predicted octanol–water partition coefficient (Wildman–Crippen LogP) is 3.11. The number of esters is 1. The van der Waals surface area contributed by atoms with Gasteiger partial charge in [-0.15, -0.1) is 0 Å². The van der Waals surface area contributed by atoms with Crippen molar-refractivity contribution in [3.05, 3.63) is 60.2 Å². The molecule has 1 fully saturated rings. The van der Waals surface area contributed by atoms with Crippen molar-refractivity contribution in [1.82, 2.24) is 5.32 Å². The van der Waals surface area contributed by atoms with E-state index in [9.17, 15) is 14.4 Å². The molecule has 0 radical (unpaired) electrons. The summed E-state index contributed by atoms with van der Waals surface area (Å²) < 4.78 is 4.92. The van der Waals surface area contributed by atoms with Gasteiger partial charge in [-0.3, -0.25) is 9.59 Å². The fourth-order valence-corrected chi connectivity index (χ4v) is 3.48. The molecule has 28 heavy (non-hydrogen) atoms. The van der Waals surface area contributed by atoms with Crippen LogP contribution in [0.1, 0.15) is 23.7 Å². The van der Waals surface area contributed by atoms with E-state index in [1.54, 1.807) is 31.2 Å². The van der Waals surface area contributed by atoms with Crippen LogP contribution in [0, 0.1) is 0 Å². The van der Waals surface area contributed by atoms with Crippen LogP contribution in [0.15, 0.2) is 59.6 Å². The number of hydrogen-bond acceptors (Lipinski definition) is 6. The van der Waals surface area contributed by atoms with Crippen LogP contribution in [0.5, 0.6) is 0 Å². The Kier molecular flexibility index (Phi) is 6.44. The summed E-state index contributed by atoms with van der Waals surface area (Å²) >= 11 is 1.23. The zero-order valence-electron chi connectivity index (χ0n) is 15.2. The Morgan fingerprint density at radius 2 is 1.86 bits per heavy atom. The molecule has 1 heterocycles. The van der Waals surface area contributed by atoms with E-state index in [0.717, 1.165) is 5.69 Å². The van der Waals surface area contributed by atoms with Gasteiger partial charge in [-0.05, 0) is 43.3 Å². The Morgan fingerprint density at radius 3 is 2.54 bits per heavy atom. The number of carbonyl (C=O) groups is 3. The van der Waals surface area contributed by atoms with E-state index < -0.39 is 11.2 Å². The quantitative estimate of drug-likeness (QED) is 0.730. The number of amidine groups is 1. The summed E-state index contributed by atoms with van der Waals surface area (Å²) in [6.45, 7) is 2.04. The molecule has 1 aliphatic heterocycles. The first kappa shape index (κ1) is 19.6. The number of thioether (sulfide) groups is 1. The van der Waals surface area contributed by atoms with Gasteiger partial charge in [-0.2, -0.15) is 0 Å². The molecule has 2 amide bonds. The second kappa shape index (κ2) is 9.18. The Labute approximate surface area is 166 Å². The third-order valence-electron chi connectivity index (χ3n) is 3.81. The summed E-state index contributed by atoms with van der Waals surface area (Å²) in [5.74, 6) is -0.949. The molecule has 0 aromatic heterocycles. The van der Waals surface area contributed by atoms with Gasteiger partial charge in [0.2, 0.25) is 11.8 Å². The summed E-state index contributed by atoms with van der Waals surface area (Å²) in [5.41, 5.74) is 1.68. The second-order valence-corrected chi connectivity index (χ2v) is 7.09. The van der Waals surface area contributed by atoms with E-state index in [4.69, 9.17) is 4.74 Å². The van der Waals surface area contributed by atoms with E-state index in [1.165, 1.54) is 11.8 Å². The number of rotatable bonds is 6. The first-order chi connectivity index (χ1) is 13.5. The van der Waals surface area contributed by atoms with Crippen LogP contribution < -0.4 is 10.6 Å². The van der Waals surface area contributed by atoms with Crippen molar-refractivity contribution in [1.29, 1.82) is 0 Å². The van der Waals surface area contributed by atoms with Crippen molar-refractivity contribution in [3.63, 3.8) is 0 Å². The van der Waals surface area contributed by atoms with Crippen molar-refractivity contribution in [2.45, 2.75) is 18.6 Å². The highest BCUT2D eigenvalue weighted by atomic mass is 32.2. The number of benzene rings is 2. The number of nitrogens with zero attached hydrogens (tertiary/aromatic N) is 1. The molecular formula is C20H19N3O4S. The van der Waals surface area contributed by atoms with Crippen molar-refractivity contribution in [2.24, 2.45) is 4.99 Å². The number of carbonyl (C=O) groups excluding carboxylic acids is 3. The largest absolute Gasteiger partial charge is 0.462 e. The molecule has 0 unspecified atom stereocenters. The monoisotopic (exact) mass is 397 g/mol. The molecule has 2 aromatic carbocycles. The highest BCUT2D eigenvalue weighted by Crippen LogP contribution is 2.25. The van der Waals surface area contributed by atoms with Gasteiger partial charge < -0.3 is 15.4 Å². The molecule has 0 spiro atoms. The Bertz CT molecular complexity index is 897. The lowest BCUT2D eigenvalue weighted by atomic mass is 10.2. The number of amides is 2. The van der Waals surface area contributed by atoms with Gasteiger partial charge in [0.25, 0.3) is 0 Å². The van der Waals surface area contributed by atoms with Crippen LogP contribution in [0.2, 0.25) is 0 Å². The summed E-state index contributed by atoms with van der Waals surface area (Å²) in [6, 6.07) is 15.7. The van der Waals surface area contributed by atoms with Gasteiger partial charge >= 0.3 is 5.97 Å². The molecule has 0 bridgehead atoms. The van der Waals surface area contributed by atoms with E-state index in [-0.39, 0.29) is 18.2 Å². The minimum atomic E-state index is -0.540. The van der Waals surface area contributed by atoms with E-state index >= 15 is 0 Å². The SMILES string of the molecule is CCOC(=O)c1ccc(NC(=O)C[C@H]2SC(=Nc3ccccc3)NC2=O)cc1. The lowest BCUT2D eigenvalue weighted by Crippen LogP contribution is -2.28. The predicted molar refractivity (Wildman–Crippen MR) is 109 cm³/mol. The third kappa shape index (κ3) is 5.20. The van der Waals surface area contributed by atoms with Crippen LogP contribution in [0.25, 0.3) is 0 Å². The average Bonchev–Trinajstić information content (AvgIpc) is 3.02. The average molecular weight is 397 g/mol. The van der Waals surface area contributed by atoms with Crippen LogP contribution >= 0.6 is 11.8 Å². The number of hydrogen-bond donors (Lipinski definition) is 2. The molecule has 2 aromatic rings. The summed E-state index contributed by atoms with van der Waals surface area (Å²) in [4.78, 5) is 40.4. The summed E-state index contributed by atoms with van der Waals surface area (Å²) in [5, 5.41) is 5.36. The molecule has 3 rings (SSSR count). The smallest absolute Gasteiger partial charge is 0.338 e. The van der Waals surface area contributed by atoms with Crippen molar-refractivity contribution in [3.8, 4) is 0 Å².